The van der Waals surface area contributed by atoms with E-state index in [1.54, 1.807) is 18.2 Å². The summed E-state index contributed by atoms with van der Waals surface area (Å²) >= 11 is 0. The number of amides is 2. The highest BCUT2D eigenvalue weighted by atomic mass is 19.4. The molecule has 0 atom stereocenters. The zero-order valence-electron chi connectivity index (χ0n) is 19.0. The molecule has 0 unspecified atom stereocenters. The van der Waals surface area contributed by atoms with E-state index in [9.17, 15) is 27.2 Å². The summed E-state index contributed by atoms with van der Waals surface area (Å²) in [7, 11) is 2.80. The Kier molecular flexibility index (Phi) is 6.60. The van der Waals surface area contributed by atoms with Gasteiger partial charge in [0.2, 0.25) is 5.88 Å². The fourth-order valence-electron chi connectivity index (χ4n) is 3.63. The van der Waals surface area contributed by atoms with Crippen molar-refractivity contribution in [3.05, 3.63) is 76.9 Å². The van der Waals surface area contributed by atoms with Crippen LogP contribution in [0.4, 0.5) is 17.6 Å². The second-order valence-corrected chi connectivity index (χ2v) is 7.65. The van der Waals surface area contributed by atoms with Crippen molar-refractivity contribution >= 4 is 22.7 Å². The number of carbonyl (C=O) groups is 2. The number of methoxy groups -OCH3 is 1. The lowest BCUT2D eigenvalue weighted by molar-refractivity contribution is -0.140. The molecule has 2 heterocycles. The maximum Gasteiger partial charge on any atom is 0.419 e. The number of aromatic nitrogens is 3. The predicted octanol–water partition coefficient (Wildman–Crippen LogP) is 4.08. The summed E-state index contributed by atoms with van der Waals surface area (Å²) in [4.78, 5) is 29.0. The quantitative estimate of drug-likeness (QED) is 0.345. The normalized spacial score (nSPS) is 11.4. The van der Waals surface area contributed by atoms with E-state index in [0.717, 1.165) is 12.1 Å². The molecule has 4 aromatic rings. The number of fused-ring (bicyclic) bond motifs is 1. The molecule has 8 nitrogen and oxygen atoms in total. The summed E-state index contributed by atoms with van der Waals surface area (Å²) in [5.74, 6) is -2.54. The van der Waals surface area contributed by atoms with Crippen LogP contribution in [0.25, 0.3) is 22.0 Å². The third kappa shape index (κ3) is 4.69. The first-order chi connectivity index (χ1) is 17.1. The number of carbonyl (C=O) groups excluding carboxylic acids is 2. The Morgan fingerprint density at radius 1 is 1.08 bits per heavy atom. The fraction of sp³-hybridized carbons (Fsp3) is 0.167. The van der Waals surface area contributed by atoms with Gasteiger partial charge in [-0.2, -0.15) is 18.3 Å². The molecule has 0 radical (unpaired) electrons. The highest BCUT2D eigenvalue weighted by Gasteiger charge is 2.34. The molecule has 4 rings (SSSR count). The van der Waals surface area contributed by atoms with Crippen molar-refractivity contribution in [3.8, 4) is 17.0 Å². The van der Waals surface area contributed by atoms with Crippen LogP contribution < -0.4 is 15.4 Å². The van der Waals surface area contributed by atoms with Crippen LogP contribution >= 0.6 is 0 Å². The minimum atomic E-state index is -4.86. The van der Waals surface area contributed by atoms with Crippen molar-refractivity contribution in [2.24, 2.45) is 0 Å². The zero-order chi connectivity index (χ0) is 26.0. The lowest BCUT2D eigenvalue weighted by Gasteiger charge is -2.13. The van der Waals surface area contributed by atoms with Crippen LogP contribution in [-0.2, 0) is 12.7 Å². The average molecular weight is 501 g/mol. The topological polar surface area (TPSA) is 109 Å². The van der Waals surface area contributed by atoms with Crippen LogP contribution in [0.2, 0.25) is 0 Å². The fourth-order valence-corrected chi connectivity index (χ4v) is 3.63. The highest BCUT2D eigenvalue weighted by molar-refractivity contribution is 6.05. The van der Waals surface area contributed by atoms with Crippen LogP contribution in [0.1, 0.15) is 32.0 Å². The van der Waals surface area contributed by atoms with E-state index in [1.165, 1.54) is 26.4 Å². The number of hydrogen-bond donors (Lipinski definition) is 3. The molecule has 12 heteroatoms. The van der Waals surface area contributed by atoms with Crippen molar-refractivity contribution < 1.29 is 31.9 Å². The molecule has 0 bridgehead atoms. The van der Waals surface area contributed by atoms with Crippen LogP contribution in [0.15, 0.2) is 48.7 Å². The monoisotopic (exact) mass is 501 g/mol. The van der Waals surface area contributed by atoms with Crippen molar-refractivity contribution in [2.75, 3.05) is 14.2 Å². The third-order valence-corrected chi connectivity index (χ3v) is 5.45. The number of nitrogens with one attached hydrogen (secondary N) is 3. The number of H-pyrrole nitrogens is 1. The summed E-state index contributed by atoms with van der Waals surface area (Å²) in [5.41, 5.74) is 0.231. The summed E-state index contributed by atoms with van der Waals surface area (Å²) in [5, 5.41) is 12.3. The van der Waals surface area contributed by atoms with E-state index in [-0.39, 0.29) is 28.6 Å². The first kappa shape index (κ1) is 24.6. The molecule has 0 fully saturated rings. The Morgan fingerprint density at radius 3 is 2.56 bits per heavy atom. The van der Waals surface area contributed by atoms with Gasteiger partial charge in [0.25, 0.3) is 11.8 Å². The maximum absolute atomic E-state index is 14.3. The van der Waals surface area contributed by atoms with Gasteiger partial charge in [-0.05, 0) is 29.8 Å². The van der Waals surface area contributed by atoms with Gasteiger partial charge >= 0.3 is 6.18 Å². The molecule has 3 N–H and O–H groups in total. The van der Waals surface area contributed by atoms with Gasteiger partial charge in [0.05, 0.1) is 18.2 Å². The zero-order valence-corrected chi connectivity index (χ0v) is 19.0. The van der Waals surface area contributed by atoms with Gasteiger partial charge in [0, 0.05) is 36.3 Å². The average Bonchev–Trinajstić information content (AvgIpc) is 3.29. The first-order valence-electron chi connectivity index (χ1n) is 10.5. The molecule has 36 heavy (non-hydrogen) atoms. The second-order valence-electron chi connectivity index (χ2n) is 7.65. The van der Waals surface area contributed by atoms with Crippen LogP contribution in [0.5, 0.6) is 5.88 Å². The van der Waals surface area contributed by atoms with Gasteiger partial charge in [-0.1, -0.05) is 18.2 Å². The van der Waals surface area contributed by atoms with Gasteiger partial charge in [-0.25, -0.2) is 9.37 Å². The van der Waals surface area contributed by atoms with E-state index < -0.39 is 30.0 Å². The summed E-state index contributed by atoms with van der Waals surface area (Å²) in [6.07, 6.45) is -3.39. The van der Waals surface area contributed by atoms with Gasteiger partial charge in [0.15, 0.2) is 5.69 Å². The molecule has 2 aromatic heterocycles. The predicted molar refractivity (Wildman–Crippen MR) is 122 cm³/mol. The summed E-state index contributed by atoms with van der Waals surface area (Å²) < 4.78 is 58.4. The lowest BCUT2D eigenvalue weighted by atomic mass is 10.0. The summed E-state index contributed by atoms with van der Waals surface area (Å²) in [6.45, 7) is -0.482. The SMILES string of the molecule is CNC(=O)c1n[nH]c2cc(-c3cnc(OC)c(C(=O)NCc4cccc(C(F)(F)F)c4F)c3)ccc12. The minimum absolute atomic E-state index is 0.00172. The molecular weight excluding hydrogens is 482 g/mol. The number of ether oxygens (including phenoxy) is 1. The number of alkyl halides is 3. The molecule has 0 aliphatic heterocycles. The number of pyridine rings is 1. The van der Waals surface area contributed by atoms with E-state index in [0.29, 0.717) is 28.1 Å². The number of benzene rings is 2. The van der Waals surface area contributed by atoms with Crippen molar-refractivity contribution in [2.45, 2.75) is 12.7 Å². The lowest BCUT2D eigenvalue weighted by Crippen LogP contribution is -2.25. The van der Waals surface area contributed by atoms with Crippen LogP contribution in [-0.4, -0.2) is 41.2 Å². The number of aromatic amines is 1. The Balaban J connectivity index is 1.61. The molecule has 0 saturated heterocycles. The van der Waals surface area contributed by atoms with Crippen molar-refractivity contribution in [1.82, 2.24) is 25.8 Å². The molecule has 0 spiro atoms. The molecule has 2 aromatic carbocycles. The Bertz CT molecular complexity index is 1470. The van der Waals surface area contributed by atoms with Crippen molar-refractivity contribution in [3.63, 3.8) is 0 Å². The van der Waals surface area contributed by atoms with E-state index in [1.807, 2.05) is 0 Å². The van der Waals surface area contributed by atoms with Gasteiger partial charge in [-0.15, -0.1) is 0 Å². The third-order valence-electron chi connectivity index (χ3n) is 5.45. The minimum Gasteiger partial charge on any atom is -0.480 e. The van der Waals surface area contributed by atoms with E-state index in [4.69, 9.17) is 4.74 Å². The Hall–Kier alpha value is -4.48. The highest BCUT2D eigenvalue weighted by Crippen LogP contribution is 2.32. The van der Waals surface area contributed by atoms with Gasteiger partial charge in [-0.3, -0.25) is 14.7 Å². The van der Waals surface area contributed by atoms with Crippen LogP contribution in [0.3, 0.4) is 0 Å². The van der Waals surface area contributed by atoms with Gasteiger partial charge < -0.3 is 15.4 Å². The maximum atomic E-state index is 14.3. The molecule has 0 saturated carbocycles. The Morgan fingerprint density at radius 2 is 1.86 bits per heavy atom. The van der Waals surface area contributed by atoms with Crippen molar-refractivity contribution in [1.29, 1.82) is 0 Å². The molecule has 0 aliphatic carbocycles. The number of hydrogen-bond acceptors (Lipinski definition) is 5. The molecular formula is C24H19F4N5O3. The van der Waals surface area contributed by atoms with Crippen LogP contribution in [0, 0.1) is 5.82 Å². The Labute approximate surface area is 201 Å². The number of halogens is 4. The summed E-state index contributed by atoms with van der Waals surface area (Å²) in [6, 6.07) is 9.47. The number of nitrogens with zero attached hydrogens (tertiary/aromatic N) is 2. The van der Waals surface area contributed by atoms with Gasteiger partial charge in [0.1, 0.15) is 11.4 Å². The first-order valence-corrected chi connectivity index (χ1v) is 10.5. The number of rotatable bonds is 6. The standard InChI is InChI=1S/C24H19F4N5O3/c1-29-22(35)20-15-7-6-12(9-18(15)32-33-20)14-8-16(23(36-2)31-11-14)21(34)30-10-13-4-3-5-17(19(13)25)24(26,27)28/h3-9,11H,10H2,1-2H3,(H,29,35)(H,30,34)(H,32,33). The van der Waals surface area contributed by atoms with E-state index >= 15 is 0 Å². The molecule has 0 aliphatic rings. The second kappa shape index (κ2) is 9.64. The molecule has 2 amide bonds. The smallest absolute Gasteiger partial charge is 0.419 e. The molecule has 186 valence electrons. The largest absolute Gasteiger partial charge is 0.480 e. The van der Waals surface area contributed by atoms with E-state index in [2.05, 4.69) is 25.8 Å².